The van der Waals surface area contributed by atoms with Crippen molar-refractivity contribution in [3.63, 3.8) is 0 Å². The molecule has 1 amide bonds. The Morgan fingerprint density at radius 2 is 1.63 bits per heavy atom. The number of aromatic carboxylic acids is 1. The molecular formula is C23H40ClNO4Si. The van der Waals surface area contributed by atoms with Gasteiger partial charge in [-0.2, -0.15) is 0 Å². The first-order valence-electron chi connectivity index (χ1n) is 10.7. The number of rotatable bonds is 12. The molecule has 1 N–H and O–H groups in total. The average Bonchev–Trinajstić information content (AvgIpc) is 2.63. The number of carbonyl (C=O) groups excluding carboxylic acids is 1. The van der Waals surface area contributed by atoms with Gasteiger partial charge in [0.2, 0.25) is 5.91 Å². The molecule has 0 fully saturated rings. The molecule has 0 saturated carbocycles. The van der Waals surface area contributed by atoms with Crippen molar-refractivity contribution in [1.82, 2.24) is 4.90 Å². The third kappa shape index (κ3) is 9.62. The second kappa shape index (κ2) is 13.1. The number of carbonyl (C=O) groups is 2. The molecule has 30 heavy (non-hydrogen) atoms. The Bertz CT molecular complexity index is 656. The minimum Gasteiger partial charge on any atom is -0.478 e. The van der Waals surface area contributed by atoms with E-state index in [1.165, 1.54) is 12.8 Å². The molecule has 7 heteroatoms. The summed E-state index contributed by atoms with van der Waals surface area (Å²) in [5.41, 5.74) is 1.07. The van der Waals surface area contributed by atoms with Gasteiger partial charge in [0, 0.05) is 13.1 Å². The summed E-state index contributed by atoms with van der Waals surface area (Å²) < 4.78 is 6.27. The SMILES string of the molecule is CCCCCCN(CCO[Si](C)(C)C(C)(C)C)C(=O)Cc1ccc(C(=O)O)cc1.Cl. The standard InChI is InChI=1S/C23H39NO4Si.ClH/c1-7-8-9-10-15-24(16-17-28-29(5,6)23(2,3)4)21(25)18-19-11-13-20(14-12-19)22(26)27;/h11-14H,7-10,15-18H2,1-6H3,(H,26,27);1H. The average molecular weight is 458 g/mol. The van der Waals surface area contributed by atoms with Crippen molar-refractivity contribution < 1.29 is 19.1 Å². The fourth-order valence-electron chi connectivity index (χ4n) is 2.77. The van der Waals surface area contributed by atoms with E-state index in [0.29, 0.717) is 13.2 Å². The van der Waals surface area contributed by atoms with Crippen LogP contribution >= 0.6 is 12.4 Å². The quantitative estimate of drug-likeness (QED) is 0.319. The number of hydrogen-bond acceptors (Lipinski definition) is 3. The lowest BCUT2D eigenvalue weighted by Gasteiger charge is -2.37. The Labute approximate surface area is 189 Å². The maximum Gasteiger partial charge on any atom is 0.335 e. The summed E-state index contributed by atoms with van der Waals surface area (Å²) in [4.78, 5) is 25.8. The van der Waals surface area contributed by atoms with Crippen molar-refractivity contribution in [3.05, 3.63) is 35.4 Å². The van der Waals surface area contributed by atoms with E-state index in [0.717, 1.165) is 24.9 Å². The molecule has 0 aromatic heterocycles. The molecule has 172 valence electrons. The van der Waals surface area contributed by atoms with Gasteiger partial charge in [-0.05, 0) is 42.2 Å². The van der Waals surface area contributed by atoms with Crippen LogP contribution in [0.15, 0.2) is 24.3 Å². The van der Waals surface area contributed by atoms with Crippen LogP contribution in [0, 0.1) is 0 Å². The molecule has 1 rings (SSSR count). The molecule has 0 saturated heterocycles. The Morgan fingerprint density at radius 3 is 2.13 bits per heavy atom. The van der Waals surface area contributed by atoms with E-state index in [1.54, 1.807) is 24.3 Å². The van der Waals surface area contributed by atoms with Crippen LogP contribution in [0.1, 0.15) is 69.3 Å². The number of amides is 1. The van der Waals surface area contributed by atoms with Crippen molar-refractivity contribution in [2.45, 2.75) is 77.9 Å². The minimum absolute atomic E-state index is 0. The third-order valence-electron chi connectivity index (χ3n) is 5.82. The lowest BCUT2D eigenvalue weighted by atomic mass is 10.1. The van der Waals surface area contributed by atoms with E-state index in [2.05, 4.69) is 40.8 Å². The minimum atomic E-state index is -1.84. The predicted molar refractivity (Wildman–Crippen MR) is 128 cm³/mol. The van der Waals surface area contributed by atoms with Crippen LogP contribution in [0.2, 0.25) is 18.1 Å². The fourth-order valence-corrected chi connectivity index (χ4v) is 3.80. The Hall–Kier alpha value is -1.37. The largest absolute Gasteiger partial charge is 0.478 e. The van der Waals surface area contributed by atoms with Gasteiger partial charge in [0.1, 0.15) is 0 Å². The van der Waals surface area contributed by atoms with Crippen LogP contribution in [0.3, 0.4) is 0 Å². The highest BCUT2D eigenvalue weighted by atomic mass is 35.5. The van der Waals surface area contributed by atoms with E-state index < -0.39 is 14.3 Å². The highest BCUT2D eigenvalue weighted by molar-refractivity contribution is 6.74. The van der Waals surface area contributed by atoms with E-state index in [-0.39, 0.29) is 35.3 Å². The van der Waals surface area contributed by atoms with Crippen molar-refractivity contribution in [3.8, 4) is 0 Å². The van der Waals surface area contributed by atoms with E-state index in [4.69, 9.17) is 9.53 Å². The molecule has 1 aromatic carbocycles. The Morgan fingerprint density at radius 1 is 1.03 bits per heavy atom. The number of hydrogen-bond donors (Lipinski definition) is 1. The van der Waals surface area contributed by atoms with E-state index >= 15 is 0 Å². The molecular weight excluding hydrogens is 418 g/mol. The van der Waals surface area contributed by atoms with E-state index in [9.17, 15) is 9.59 Å². The summed E-state index contributed by atoms with van der Waals surface area (Å²) in [5, 5.41) is 9.17. The van der Waals surface area contributed by atoms with Crippen LogP contribution in [-0.4, -0.2) is 49.9 Å². The van der Waals surface area contributed by atoms with Crippen LogP contribution in [-0.2, 0) is 15.6 Å². The lowest BCUT2D eigenvalue weighted by molar-refractivity contribution is -0.131. The van der Waals surface area contributed by atoms with Gasteiger partial charge in [-0.25, -0.2) is 4.79 Å². The molecule has 0 spiro atoms. The zero-order chi connectivity index (χ0) is 22.1. The van der Waals surface area contributed by atoms with Gasteiger partial charge < -0.3 is 14.4 Å². The molecule has 0 aliphatic rings. The molecule has 0 aliphatic carbocycles. The van der Waals surface area contributed by atoms with Gasteiger partial charge in [-0.1, -0.05) is 59.1 Å². The number of unbranched alkanes of at least 4 members (excludes halogenated alkanes) is 3. The lowest BCUT2D eigenvalue weighted by Crippen LogP contribution is -2.44. The van der Waals surface area contributed by atoms with Gasteiger partial charge in [-0.3, -0.25) is 4.79 Å². The predicted octanol–water partition coefficient (Wildman–Crippen LogP) is 5.78. The molecule has 0 aliphatic heterocycles. The highest BCUT2D eigenvalue weighted by Crippen LogP contribution is 2.36. The number of carboxylic acid groups (broad SMARTS) is 1. The second-order valence-corrected chi connectivity index (χ2v) is 14.0. The highest BCUT2D eigenvalue weighted by Gasteiger charge is 2.37. The maximum absolute atomic E-state index is 12.9. The van der Waals surface area contributed by atoms with Gasteiger partial charge >= 0.3 is 5.97 Å². The Balaban J connectivity index is 0.00000841. The second-order valence-electron chi connectivity index (χ2n) is 9.23. The van der Waals surface area contributed by atoms with Gasteiger partial charge in [-0.15, -0.1) is 12.4 Å². The van der Waals surface area contributed by atoms with Crippen LogP contribution in [0.5, 0.6) is 0 Å². The Kier molecular flexibility index (Phi) is 12.5. The summed E-state index contributed by atoms with van der Waals surface area (Å²) in [6, 6.07) is 6.56. The van der Waals surface area contributed by atoms with Crippen molar-refractivity contribution in [2.75, 3.05) is 19.7 Å². The summed E-state index contributed by atoms with van der Waals surface area (Å²) in [6.07, 6.45) is 4.75. The number of nitrogens with zero attached hydrogens (tertiary/aromatic N) is 1. The zero-order valence-corrected chi connectivity index (χ0v) is 21.3. The summed E-state index contributed by atoms with van der Waals surface area (Å²) in [6.45, 7) is 15.2. The normalized spacial score (nSPS) is 11.7. The van der Waals surface area contributed by atoms with Crippen molar-refractivity contribution in [1.29, 1.82) is 0 Å². The fraction of sp³-hybridized carbons (Fsp3) is 0.652. The number of benzene rings is 1. The topological polar surface area (TPSA) is 66.8 Å². The summed E-state index contributed by atoms with van der Waals surface area (Å²) >= 11 is 0. The molecule has 5 nitrogen and oxygen atoms in total. The molecule has 0 unspecified atom stereocenters. The zero-order valence-electron chi connectivity index (χ0n) is 19.5. The maximum atomic E-state index is 12.9. The van der Waals surface area contributed by atoms with Crippen molar-refractivity contribution >= 4 is 32.6 Å². The third-order valence-corrected chi connectivity index (χ3v) is 10.4. The summed E-state index contributed by atoms with van der Waals surface area (Å²) in [5.74, 6) is -0.883. The first-order chi connectivity index (χ1) is 13.5. The smallest absolute Gasteiger partial charge is 0.335 e. The molecule has 0 heterocycles. The van der Waals surface area contributed by atoms with Crippen LogP contribution in [0.25, 0.3) is 0 Å². The number of carboxylic acids is 1. The molecule has 0 atom stereocenters. The first kappa shape index (κ1) is 28.6. The van der Waals surface area contributed by atoms with E-state index in [1.807, 2.05) is 4.90 Å². The van der Waals surface area contributed by atoms with Gasteiger partial charge in [0.25, 0.3) is 0 Å². The molecule has 0 bridgehead atoms. The molecule has 0 radical (unpaired) electrons. The van der Waals surface area contributed by atoms with Crippen molar-refractivity contribution in [2.24, 2.45) is 0 Å². The molecule has 1 aromatic rings. The van der Waals surface area contributed by atoms with Crippen LogP contribution < -0.4 is 0 Å². The first-order valence-corrected chi connectivity index (χ1v) is 13.6. The number of halogens is 1. The van der Waals surface area contributed by atoms with Gasteiger partial charge in [0.05, 0.1) is 18.6 Å². The summed E-state index contributed by atoms with van der Waals surface area (Å²) in [7, 11) is -1.84. The van der Waals surface area contributed by atoms with Gasteiger partial charge in [0.15, 0.2) is 8.32 Å². The monoisotopic (exact) mass is 457 g/mol. The van der Waals surface area contributed by atoms with Crippen LogP contribution in [0.4, 0.5) is 0 Å².